The lowest BCUT2D eigenvalue weighted by atomic mass is 10.1. The van der Waals surface area contributed by atoms with Crippen molar-refractivity contribution >= 4 is 9.84 Å². The molecule has 15 heavy (non-hydrogen) atoms. The highest BCUT2D eigenvalue weighted by Gasteiger charge is 2.12. The van der Waals surface area contributed by atoms with E-state index in [0.717, 1.165) is 0 Å². The molecule has 1 unspecified atom stereocenters. The Balaban J connectivity index is 3.63. The number of β-amino-alcohol motifs (C(OH)–C–C–N with tert-alkyl or cyclic N) is 1. The van der Waals surface area contributed by atoms with Gasteiger partial charge in [0.1, 0.15) is 9.84 Å². The molecule has 1 atom stereocenters. The second kappa shape index (κ2) is 5.82. The Kier molecular flexibility index (Phi) is 5.77. The van der Waals surface area contributed by atoms with Gasteiger partial charge in [0.05, 0.1) is 6.10 Å². The molecule has 0 aromatic rings. The van der Waals surface area contributed by atoms with Crippen LogP contribution in [0.5, 0.6) is 0 Å². The van der Waals surface area contributed by atoms with Gasteiger partial charge in [-0.2, -0.15) is 0 Å². The third-order valence-electron chi connectivity index (χ3n) is 1.92. The van der Waals surface area contributed by atoms with Gasteiger partial charge in [-0.1, -0.05) is 0 Å². The molecule has 0 rings (SSSR count). The Bertz CT molecular complexity index is 267. The summed E-state index contributed by atoms with van der Waals surface area (Å²) >= 11 is 0. The van der Waals surface area contributed by atoms with E-state index < -0.39 is 15.9 Å². The quantitative estimate of drug-likeness (QED) is 0.708. The van der Waals surface area contributed by atoms with E-state index in [1.165, 1.54) is 6.26 Å². The zero-order chi connectivity index (χ0) is 12.1. The number of sulfone groups is 1. The Hall–Kier alpha value is -0.130. The monoisotopic (exact) mass is 237 g/mol. The zero-order valence-electron chi connectivity index (χ0n) is 10.1. The van der Waals surface area contributed by atoms with E-state index in [0.29, 0.717) is 19.4 Å². The van der Waals surface area contributed by atoms with E-state index in [9.17, 15) is 13.5 Å². The summed E-state index contributed by atoms with van der Waals surface area (Å²) in [6.45, 7) is 6.58. The first kappa shape index (κ1) is 14.9. The summed E-state index contributed by atoms with van der Waals surface area (Å²) in [5, 5.41) is 12.7. The maximum absolute atomic E-state index is 10.8. The van der Waals surface area contributed by atoms with E-state index in [1.807, 2.05) is 20.8 Å². The van der Waals surface area contributed by atoms with E-state index in [2.05, 4.69) is 5.32 Å². The second-order valence-corrected chi connectivity index (χ2v) is 7.32. The predicted molar refractivity (Wildman–Crippen MR) is 62.7 cm³/mol. The molecule has 4 nitrogen and oxygen atoms in total. The molecular weight excluding hydrogens is 214 g/mol. The van der Waals surface area contributed by atoms with Crippen LogP contribution in [0.4, 0.5) is 0 Å². The van der Waals surface area contributed by atoms with Gasteiger partial charge in [0.25, 0.3) is 0 Å². The fraction of sp³-hybridized carbons (Fsp3) is 1.00. The first-order valence-electron chi connectivity index (χ1n) is 5.21. The normalized spacial score (nSPS) is 15.3. The number of nitrogens with one attached hydrogen (secondary N) is 1. The van der Waals surface area contributed by atoms with Crippen molar-refractivity contribution in [2.75, 3.05) is 18.6 Å². The highest BCUT2D eigenvalue weighted by Crippen LogP contribution is 2.02. The molecule has 0 heterocycles. The van der Waals surface area contributed by atoms with Crippen molar-refractivity contribution < 1.29 is 13.5 Å². The van der Waals surface area contributed by atoms with Crippen LogP contribution in [0, 0.1) is 0 Å². The topological polar surface area (TPSA) is 66.4 Å². The second-order valence-electron chi connectivity index (χ2n) is 5.06. The molecule has 92 valence electrons. The molecule has 0 aromatic heterocycles. The maximum Gasteiger partial charge on any atom is 0.147 e. The molecule has 0 aliphatic rings. The van der Waals surface area contributed by atoms with Crippen LogP contribution in [0.2, 0.25) is 0 Å². The van der Waals surface area contributed by atoms with Gasteiger partial charge < -0.3 is 10.4 Å². The van der Waals surface area contributed by atoms with Gasteiger partial charge in [-0.3, -0.25) is 0 Å². The molecule has 0 saturated heterocycles. The van der Waals surface area contributed by atoms with Crippen LogP contribution in [-0.4, -0.2) is 43.7 Å². The van der Waals surface area contributed by atoms with Crippen LogP contribution in [0.1, 0.15) is 33.6 Å². The molecule has 0 aliphatic carbocycles. The number of hydrogen-bond donors (Lipinski definition) is 2. The molecule has 0 saturated carbocycles. The van der Waals surface area contributed by atoms with Gasteiger partial charge in [0.15, 0.2) is 0 Å². The van der Waals surface area contributed by atoms with Crippen LogP contribution in [-0.2, 0) is 9.84 Å². The Morgan fingerprint density at radius 3 is 2.27 bits per heavy atom. The molecule has 0 aliphatic heterocycles. The summed E-state index contributed by atoms with van der Waals surface area (Å²) in [6, 6.07) is 0. The smallest absolute Gasteiger partial charge is 0.147 e. The summed E-state index contributed by atoms with van der Waals surface area (Å²) in [5.74, 6) is 0.152. The van der Waals surface area contributed by atoms with Crippen LogP contribution < -0.4 is 5.32 Å². The van der Waals surface area contributed by atoms with Gasteiger partial charge in [-0.05, 0) is 33.6 Å². The molecule has 0 amide bonds. The minimum absolute atomic E-state index is 0.0161. The Labute approximate surface area is 93.0 Å². The minimum Gasteiger partial charge on any atom is -0.392 e. The minimum atomic E-state index is -2.89. The lowest BCUT2D eigenvalue weighted by Gasteiger charge is -2.22. The summed E-state index contributed by atoms with van der Waals surface area (Å²) in [6.07, 6.45) is 1.79. The average Bonchev–Trinajstić information content (AvgIpc) is 1.97. The standard InChI is InChI=1S/C10H23NO3S/c1-10(2,3)11-8-9(12)6-5-7-15(4,13)14/h9,11-12H,5-8H2,1-4H3. The van der Waals surface area contributed by atoms with E-state index in [1.54, 1.807) is 0 Å². The van der Waals surface area contributed by atoms with Gasteiger partial charge in [-0.15, -0.1) is 0 Å². The zero-order valence-corrected chi connectivity index (χ0v) is 10.9. The van der Waals surface area contributed by atoms with Crippen molar-refractivity contribution in [3.05, 3.63) is 0 Å². The largest absolute Gasteiger partial charge is 0.392 e. The number of aliphatic hydroxyl groups excluding tert-OH is 1. The van der Waals surface area contributed by atoms with Crippen molar-refractivity contribution in [2.45, 2.75) is 45.3 Å². The van der Waals surface area contributed by atoms with Crippen LogP contribution in [0.15, 0.2) is 0 Å². The predicted octanol–water partition coefficient (Wildman–Crippen LogP) is 0.560. The third kappa shape index (κ3) is 11.8. The summed E-state index contributed by atoms with van der Waals surface area (Å²) in [5.41, 5.74) is -0.0161. The first-order valence-corrected chi connectivity index (χ1v) is 7.27. The lowest BCUT2D eigenvalue weighted by Crippen LogP contribution is -2.40. The Morgan fingerprint density at radius 1 is 1.33 bits per heavy atom. The third-order valence-corrected chi connectivity index (χ3v) is 2.95. The highest BCUT2D eigenvalue weighted by molar-refractivity contribution is 7.90. The highest BCUT2D eigenvalue weighted by atomic mass is 32.2. The Morgan fingerprint density at radius 2 is 1.87 bits per heavy atom. The first-order chi connectivity index (χ1) is 6.60. The fourth-order valence-electron chi connectivity index (χ4n) is 1.11. The van der Waals surface area contributed by atoms with Gasteiger partial charge >= 0.3 is 0 Å². The molecule has 0 radical (unpaired) electrons. The average molecular weight is 237 g/mol. The van der Waals surface area contributed by atoms with Crippen molar-refractivity contribution in [1.29, 1.82) is 0 Å². The van der Waals surface area contributed by atoms with E-state index >= 15 is 0 Å². The molecule has 0 aromatic carbocycles. The fourth-order valence-corrected chi connectivity index (χ4v) is 1.80. The van der Waals surface area contributed by atoms with Crippen molar-refractivity contribution in [1.82, 2.24) is 5.32 Å². The van der Waals surface area contributed by atoms with Crippen molar-refractivity contribution in [2.24, 2.45) is 0 Å². The number of rotatable bonds is 6. The molecule has 5 heteroatoms. The molecule has 0 bridgehead atoms. The summed E-state index contributed by atoms with van der Waals surface area (Å²) < 4.78 is 21.7. The molecule has 0 spiro atoms. The van der Waals surface area contributed by atoms with Crippen LogP contribution in [0.3, 0.4) is 0 Å². The van der Waals surface area contributed by atoms with E-state index in [4.69, 9.17) is 0 Å². The van der Waals surface area contributed by atoms with Crippen molar-refractivity contribution in [3.8, 4) is 0 Å². The molecule has 2 N–H and O–H groups in total. The van der Waals surface area contributed by atoms with Gasteiger partial charge in [0.2, 0.25) is 0 Å². The molecule has 0 fully saturated rings. The summed E-state index contributed by atoms with van der Waals surface area (Å²) in [4.78, 5) is 0. The van der Waals surface area contributed by atoms with Crippen molar-refractivity contribution in [3.63, 3.8) is 0 Å². The molecular formula is C10H23NO3S. The maximum atomic E-state index is 10.8. The SMILES string of the molecule is CC(C)(C)NCC(O)CCCS(C)(=O)=O. The number of hydrogen-bond acceptors (Lipinski definition) is 4. The number of aliphatic hydroxyl groups is 1. The van der Waals surface area contributed by atoms with Gasteiger partial charge in [0, 0.05) is 24.1 Å². The summed E-state index contributed by atoms with van der Waals surface area (Å²) in [7, 11) is -2.89. The van der Waals surface area contributed by atoms with Crippen LogP contribution in [0.25, 0.3) is 0 Å². The lowest BCUT2D eigenvalue weighted by molar-refractivity contribution is 0.151. The van der Waals surface area contributed by atoms with Gasteiger partial charge in [-0.25, -0.2) is 8.42 Å². The van der Waals surface area contributed by atoms with E-state index in [-0.39, 0.29) is 11.3 Å². The van der Waals surface area contributed by atoms with Crippen LogP contribution >= 0.6 is 0 Å².